The number of piperidine rings is 1. The van der Waals surface area contributed by atoms with E-state index in [1.165, 1.54) is 0 Å². The SMILES string of the molecule is CN(C)CC(C)(C)CNC(=O)C1CCN(CC(C)(C)O)CC1. The Morgan fingerprint density at radius 1 is 1.23 bits per heavy atom. The molecule has 1 amide bonds. The van der Waals surface area contributed by atoms with Gasteiger partial charge in [0.15, 0.2) is 0 Å². The first kappa shape index (κ1) is 19.4. The lowest BCUT2D eigenvalue weighted by Crippen LogP contribution is -2.47. The summed E-state index contributed by atoms with van der Waals surface area (Å²) in [6.45, 7) is 12.2. The van der Waals surface area contributed by atoms with Gasteiger partial charge in [-0.1, -0.05) is 13.8 Å². The van der Waals surface area contributed by atoms with E-state index in [9.17, 15) is 9.90 Å². The fraction of sp³-hybridized carbons (Fsp3) is 0.941. The summed E-state index contributed by atoms with van der Waals surface area (Å²) in [5.41, 5.74) is -0.577. The summed E-state index contributed by atoms with van der Waals surface area (Å²) in [5, 5.41) is 13.0. The van der Waals surface area contributed by atoms with Crippen LogP contribution >= 0.6 is 0 Å². The fourth-order valence-electron chi connectivity index (χ4n) is 3.28. The summed E-state index contributed by atoms with van der Waals surface area (Å²) in [7, 11) is 4.11. The van der Waals surface area contributed by atoms with Crippen molar-refractivity contribution in [1.29, 1.82) is 0 Å². The summed E-state index contributed by atoms with van der Waals surface area (Å²) in [5.74, 6) is 0.308. The molecule has 0 aromatic heterocycles. The number of hydrogen-bond donors (Lipinski definition) is 2. The minimum Gasteiger partial charge on any atom is -0.389 e. The smallest absolute Gasteiger partial charge is 0.223 e. The molecule has 1 rings (SSSR count). The molecule has 0 aromatic carbocycles. The van der Waals surface area contributed by atoms with Crippen molar-refractivity contribution in [3.63, 3.8) is 0 Å². The number of rotatable bonds is 7. The Bertz CT molecular complexity index is 353. The molecule has 5 heteroatoms. The number of amides is 1. The number of aliphatic hydroxyl groups is 1. The van der Waals surface area contributed by atoms with Crippen LogP contribution in [0.2, 0.25) is 0 Å². The lowest BCUT2D eigenvalue weighted by atomic mass is 9.91. The molecule has 0 aliphatic carbocycles. The van der Waals surface area contributed by atoms with Crippen molar-refractivity contribution in [2.24, 2.45) is 11.3 Å². The highest BCUT2D eigenvalue weighted by molar-refractivity contribution is 5.78. The summed E-state index contributed by atoms with van der Waals surface area (Å²) in [6, 6.07) is 0. The number of likely N-dealkylation sites (tertiary alicyclic amines) is 1. The van der Waals surface area contributed by atoms with Crippen LogP contribution in [0.5, 0.6) is 0 Å². The lowest BCUT2D eigenvalue weighted by molar-refractivity contribution is -0.127. The van der Waals surface area contributed by atoms with Crippen molar-refractivity contribution >= 4 is 5.91 Å². The zero-order valence-corrected chi connectivity index (χ0v) is 15.3. The van der Waals surface area contributed by atoms with Gasteiger partial charge in [0.1, 0.15) is 0 Å². The molecule has 22 heavy (non-hydrogen) atoms. The Balaban J connectivity index is 2.34. The number of nitrogens with one attached hydrogen (secondary N) is 1. The molecule has 0 unspecified atom stereocenters. The van der Waals surface area contributed by atoms with Gasteiger partial charge in [-0.3, -0.25) is 4.79 Å². The van der Waals surface area contributed by atoms with Crippen LogP contribution in [0.4, 0.5) is 0 Å². The fourth-order valence-corrected chi connectivity index (χ4v) is 3.28. The van der Waals surface area contributed by atoms with Gasteiger partial charge in [-0.05, 0) is 59.3 Å². The molecule has 1 heterocycles. The zero-order chi connectivity index (χ0) is 17.0. The summed E-state index contributed by atoms with van der Waals surface area (Å²) >= 11 is 0. The highest BCUT2D eigenvalue weighted by atomic mass is 16.3. The quantitative estimate of drug-likeness (QED) is 0.741. The molecule has 0 spiro atoms. The summed E-state index contributed by atoms with van der Waals surface area (Å²) in [4.78, 5) is 16.7. The van der Waals surface area contributed by atoms with E-state index in [-0.39, 0.29) is 17.2 Å². The highest BCUT2D eigenvalue weighted by Crippen LogP contribution is 2.20. The topological polar surface area (TPSA) is 55.8 Å². The number of hydrogen-bond acceptors (Lipinski definition) is 4. The van der Waals surface area contributed by atoms with Crippen LogP contribution in [-0.2, 0) is 4.79 Å². The highest BCUT2D eigenvalue weighted by Gasteiger charge is 2.28. The van der Waals surface area contributed by atoms with Gasteiger partial charge in [0.25, 0.3) is 0 Å². The average Bonchev–Trinajstić information content (AvgIpc) is 2.33. The molecule has 0 bridgehead atoms. The normalized spacial score (nSPS) is 18.7. The van der Waals surface area contributed by atoms with Gasteiger partial charge in [0, 0.05) is 25.6 Å². The lowest BCUT2D eigenvalue weighted by Gasteiger charge is -2.35. The predicted molar refractivity (Wildman–Crippen MR) is 90.8 cm³/mol. The maximum Gasteiger partial charge on any atom is 0.223 e. The van der Waals surface area contributed by atoms with Crippen molar-refractivity contribution in [1.82, 2.24) is 15.1 Å². The monoisotopic (exact) mass is 313 g/mol. The Hall–Kier alpha value is -0.650. The van der Waals surface area contributed by atoms with Gasteiger partial charge in [-0.2, -0.15) is 0 Å². The molecule has 1 aliphatic heterocycles. The Morgan fingerprint density at radius 2 is 1.77 bits per heavy atom. The van der Waals surface area contributed by atoms with Gasteiger partial charge in [-0.25, -0.2) is 0 Å². The van der Waals surface area contributed by atoms with E-state index in [1.54, 1.807) is 0 Å². The number of nitrogens with zero attached hydrogens (tertiary/aromatic N) is 2. The van der Waals surface area contributed by atoms with Crippen molar-refractivity contribution in [2.45, 2.75) is 46.1 Å². The molecule has 5 nitrogen and oxygen atoms in total. The molecule has 1 aliphatic rings. The van der Waals surface area contributed by atoms with Crippen LogP contribution in [0.3, 0.4) is 0 Å². The largest absolute Gasteiger partial charge is 0.389 e. The first-order chi connectivity index (χ1) is 9.98. The summed E-state index contributed by atoms with van der Waals surface area (Å²) in [6.07, 6.45) is 1.77. The van der Waals surface area contributed by atoms with Crippen LogP contribution in [0.1, 0.15) is 40.5 Å². The van der Waals surface area contributed by atoms with Crippen LogP contribution in [0, 0.1) is 11.3 Å². The molecule has 0 atom stereocenters. The van der Waals surface area contributed by atoms with E-state index in [2.05, 4.69) is 43.1 Å². The predicted octanol–water partition coefficient (Wildman–Crippen LogP) is 1.17. The minimum absolute atomic E-state index is 0.0841. The minimum atomic E-state index is -0.661. The summed E-state index contributed by atoms with van der Waals surface area (Å²) < 4.78 is 0. The average molecular weight is 313 g/mol. The molecule has 0 aromatic rings. The van der Waals surface area contributed by atoms with Gasteiger partial charge < -0.3 is 20.2 Å². The van der Waals surface area contributed by atoms with Gasteiger partial charge >= 0.3 is 0 Å². The van der Waals surface area contributed by atoms with E-state index >= 15 is 0 Å². The molecule has 1 fully saturated rings. The van der Waals surface area contributed by atoms with Crippen LogP contribution < -0.4 is 5.32 Å². The maximum atomic E-state index is 12.3. The van der Waals surface area contributed by atoms with Crippen LogP contribution in [0.15, 0.2) is 0 Å². The van der Waals surface area contributed by atoms with E-state index in [4.69, 9.17) is 0 Å². The third-order valence-electron chi connectivity index (χ3n) is 4.05. The standard InChI is InChI=1S/C17H35N3O2/c1-16(2,12-19(5)6)11-18-15(21)14-7-9-20(10-8-14)13-17(3,4)22/h14,22H,7-13H2,1-6H3,(H,18,21). The van der Waals surface area contributed by atoms with Gasteiger partial charge in [-0.15, -0.1) is 0 Å². The van der Waals surface area contributed by atoms with Crippen molar-refractivity contribution in [3.8, 4) is 0 Å². The molecule has 0 radical (unpaired) electrons. The van der Waals surface area contributed by atoms with E-state index in [1.807, 2.05) is 13.8 Å². The molecule has 1 saturated heterocycles. The van der Waals surface area contributed by atoms with E-state index in [0.717, 1.165) is 32.5 Å². The number of carbonyl (C=O) groups is 1. The second-order valence-electron chi connectivity index (χ2n) is 8.48. The first-order valence-electron chi connectivity index (χ1n) is 8.36. The second kappa shape index (κ2) is 7.75. The number of carbonyl (C=O) groups excluding carboxylic acids is 1. The van der Waals surface area contributed by atoms with Crippen LogP contribution in [-0.4, -0.2) is 73.2 Å². The molecule has 2 N–H and O–H groups in total. The first-order valence-corrected chi connectivity index (χ1v) is 8.36. The van der Waals surface area contributed by atoms with Gasteiger partial charge in [0.05, 0.1) is 5.60 Å². The van der Waals surface area contributed by atoms with Crippen molar-refractivity contribution in [2.75, 3.05) is 46.8 Å². The molecular weight excluding hydrogens is 278 g/mol. The van der Waals surface area contributed by atoms with Crippen LogP contribution in [0.25, 0.3) is 0 Å². The maximum absolute atomic E-state index is 12.3. The zero-order valence-electron chi connectivity index (χ0n) is 15.3. The Morgan fingerprint density at radius 3 is 2.23 bits per heavy atom. The third kappa shape index (κ3) is 7.56. The Kier molecular flexibility index (Phi) is 6.84. The molecular formula is C17H35N3O2. The van der Waals surface area contributed by atoms with Crippen molar-refractivity contribution in [3.05, 3.63) is 0 Å². The van der Waals surface area contributed by atoms with E-state index in [0.29, 0.717) is 13.1 Å². The second-order valence-corrected chi connectivity index (χ2v) is 8.48. The van der Waals surface area contributed by atoms with Crippen molar-refractivity contribution < 1.29 is 9.90 Å². The van der Waals surface area contributed by atoms with E-state index < -0.39 is 5.60 Å². The number of β-amino-alcohol motifs (C(OH)–C–C–N with tert-alkyl or cyclic N) is 1. The molecule has 130 valence electrons. The molecule has 0 saturated carbocycles. The third-order valence-corrected chi connectivity index (χ3v) is 4.05. The Labute approximate surface area is 136 Å². The van der Waals surface area contributed by atoms with Gasteiger partial charge in [0.2, 0.25) is 5.91 Å².